The van der Waals surface area contributed by atoms with Crippen molar-refractivity contribution in [3.8, 4) is 0 Å². The van der Waals surface area contributed by atoms with Crippen LogP contribution in [0.3, 0.4) is 0 Å². The predicted molar refractivity (Wildman–Crippen MR) is 81.1 cm³/mol. The van der Waals surface area contributed by atoms with E-state index in [-0.39, 0.29) is 0 Å². The molecule has 0 saturated carbocycles. The second-order valence-corrected chi connectivity index (χ2v) is 6.44. The summed E-state index contributed by atoms with van der Waals surface area (Å²) in [5.74, 6) is 2.77. The van der Waals surface area contributed by atoms with Gasteiger partial charge in [0.15, 0.2) is 0 Å². The van der Waals surface area contributed by atoms with E-state index in [0.29, 0.717) is 5.91 Å². The lowest BCUT2D eigenvalue weighted by molar-refractivity contribution is -0.127. The fraction of sp³-hybridized carbons (Fsp3) is 0.933. The summed E-state index contributed by atoms with van der Waals surface area (Å²) in [4.78, 5) is 13.4. The summed E-state index contributed by atoms with van der Waals surface area (Å²) in [6.45, 7) is 4.23. The molecule has 1 saturated heterocycles. The highest BCUT2D eigenvalue weighted by molar-refractivity contribution is 7.99. The van der Waals surface area contributed by atoms with Crippen molar-refractivity contribution in [2.45, 2.75) is 64.7 Å². The Hall–Kier alpha value is -0.180. The van der Waals surface area contributed by atoms with Crippen LogP contribution in [0.1, 0.15) is 64.7 Å². The van der Waals surface area contributed by atoms with Gasteiger partial charge in [-0.15, -0.1) is 0 Å². The van der Waals surface area contributed by atoms with Crippen molar-refractivity contribution in [3.05, 3.63) is 0 Å². The molecule has 0 radical (unpaired) electrons. The lowest BCUT2D eigenvalue weighted by atomic mass is 10.1. The molecule has 0 N–H and O–H groups in total. The fourth-order valence-electron chi connectivity index (χ4n) is 2.38. The maximum Gasteiger partial charge on any atom is 0.222 e. The van der Waals surface area contributed by atoms with Gasteiger partial charge in [0.05, 0.1) is 0 Å². The molecule has 0 aromatic rings. The number of amides is 1. The lowest BCUT2D eigenvalue weighted by Crippen LogP contribution is -2.26. The molecule has 0 aromatic carbocycles. The molecule has 106 valence electrons. The number of thioether (sulfide) groups is 1. The molecule has 2 nitrogen and oxygen atoms in total. The maximum absolute atomic E-state index is 11.4. The maximum atomic E-state index is 11.4. The summed E-state index contributed by atoms with van der Waals surface area (Å²) in [6.07, 6.45) is 11.6. The molecule has 18 heavy (non-hydrogen) atoms. The van der Waals surface area contributed by atoms with Gasteiger partial charge in [-0.25, -0.2) is 0 Å². The lowest BCUT2D eigenvalue weighted by Gasteiger charge is -2.14. The smallest absolute Gasteiger partial charge is 0.222 e. The quantitative estimate of drug-likeness (QED) is 0.527. The minimum Gasteiger partial charge on any atom is -0.342 e. The topological polar surface area (TPSA) is 20.3 Å². The Balaban J connectivity index is 1.77. The highest BCUT2D eigenvalue weighted by Gasteiger charge is 2.18. The van der Waals surface area contributed by atoms with E-state index in [1.807, 2.05) is 16.7 Å². The highest BCUT2D eigenvalue weighted by Crippen LogP contribution is 2.13. The van der Waals surface area contributed by atoms with Gasteiger partial charge in [-0.05, 0) is 18.6 Å². The van der Waals surface area contributed by atoms with Crippen LogP contribution < -0.4 is 0 Å². The minimum atomic E-state index is 0.367. The van der Waals surface area contributed by atoms with E-state index in [1.54, 1.807) is 0 Å². The zero-order valence-electron chi connectivity index (χ0n) is 12.0. The van der Waals surface area contributed by atoms with Gasteiger partial charge >= 0.3 is 0 Å². The van der Waals surface area contributed by atoms with Gasteiger partial charge in [0.25, 0.3) is 0 Å². The molecule has 0 aromatic heterocycles. The Morgan fingerprint density at radius 1 is 1.06 bits per heavy atom. The third kappa shape index (κ3) is 7.30. The van der Waals surface area contributed by atoms with Gasteiger partial charge in [0.2, 0.25) is 5.91 Å². The third-order valence-corrected chi connectivity index (χ3v) is 4.62. The number of likely N-dealkylation sites (tertiary alicyclic amines) is 1. The van der Waals surface area contributed by atoms with Crippen LogP contribution in [0.5, 0.6) is 0 Å². The summed E-state index contributed by atoms with van der Waals surface area (Å²) in [6, 6.07) is 0. The number of carbonyl (C=O) groups is 1. The van der Waals surface area contributed by atoms with Crippen molar-refractivity contribution in [1.29, 1.82) is 0 Å². The van der Waals surface area contributed by atoms with E-state index < -0.39 is 0 Å². The van der Waals surface area contributed by atoms with E-state index in [2.05, 4.69) is 6.92 Å². The zero-order valence-corrected chi connectivity index (χ0v) is 12.8. The van der Waals surface area contributed by atoms with E-state index >= 15 is 0 Å². The average Bonchev–Trinajstić information content (AvgIpc) is 2.77. The first-order valence-electron chi connectivity index (χ1n) is 7.70. The SMILES string of the molecule is CCCCCCCCCSCCN1CCCC1=O. The summed E-state index contributed by atoms with van der Waals surface area (Å²) < 4.78 is 0. The number of hydrogen-bond acceptors (Lipinski definition) is 2. The molecule has 1 amide bonds. The van der Waals surface area contributed by atoms with Crippen LogP contribution in [0, 0.1) is 0 Å². The van der Waals surface area contributed by atoms with E-state index in [1.165, 1.54) is 50.7 Å². The number of carbonyl (C=O) groups excluding carboxylic acids is 1. The predicted octanol–water partition coefficient (Wildman–Crippen LogP) is 4.09. The van der Waals surface area contributed by atoms with Gasteiger partial charge in [-0.3, -0.25) is 4.79 Å². The van der Waals surface area contributed by atoms with Crippen LogP contribution in [0.25, 0.3) is 0 Å². The van der Waals surface area contributed by atoms with Crippen molar-refractivity contribution in [3.63, 3.8) is 0 Å². The third-order valence-electron chi connectivity index (χ3n) is 3.57. The van der Waals surface area contributed by atoms with E-state index in [9.17, 15) is 4.79 Å². The molecule has 0 unspecified atom stereocenters. The Morgan fingerprint density at radius 3 is 2.44 bits per heavy atom. The Morgan fingerprint density at radius 2 is 1.78 bits per heavy atom. The van der Waals surface area contributed by atoms with Gasteiger partial charge < -0.3 is 4.90 Å². The van der Waals surface area contributed by atoms with E-state index in [4.69, 9.17) is 0 Å². The normalized spacial score (nSPS) is 15.6. The van der Waals surface area contributed by atoms with Crippen LogP contribution in [-0.4, -0.2) is 35.4 Å². The van der Waals surface area contributed by atoms with Crippen LogP contribution in [-0.2, 0) is 4.79 Å². The average molecular weight is 271 g/mol. The highest BCUT2D eigenvalue weighted by atomic mass is 32.2. The summed E-state index contributed by atoms with van der Waals surface area (Å²) in [5.41, 5.74) is 0. The Labute approximate surface area is 117 Å². The monoisotopic (exact) mass is 271 g/mol. The van der Waals surface area contributed by atoms with Gasteiger partial charge in [-0.1, -0.05) is 45.4 Å². The van der Waals surface area contributed by atoms with Crippen molar-refractivity contribution < 1.29 is 4.79 Å². The van der Waals surface area contributed by atoms with Gasteiger partial charge in [-0.2, -0.15) is 11.8 Å². The standard InChI is InChI=1S/C15H29NOS/c1-2-3-4-5-6-7-8-13-18-14-12-16-11-9-10-15(16)17/h2-14H2,1H3. The molecule has 1 heterocycles. The molecule has 1 aliphatic rings. The summed E-state index contributed by atoms with van der Waals surface area (Å²) in [5, 5.41) is 0. The zero-order chi connectivity index (χ0) is 13.1. The van der Waals surface area contributed by atoms with Crippen LogP contribution in [0.15, 0.2) is 0 Å². The number of unbranched alkanes of at least 4 members (excludes halogenated alkanes) is 6. The fourth-order valence-corrected chi connectivity index (χ4v) is 3.34. The Bertz CT molecular complexity index is 221. The van der Waals surface area contributed by atoms with Crippen LogP contribution >= 0.6 is 11.8 Å². The first-order chi connectivity index (χ1) is 8.84. The number of nitrogens with zero attached hydrogens (tertiary/aromatic N) is 1. The molecule has 0 atom stereocenters. The van der Waals surface area contributed by atoms with Gasteiger partial charge in [0.1, 0.15) is 0 Å². The first kappa shape index (κ1) is 15.9. The van der Waals surface area contributed by atoms with Gasteiger partial charge in [0, 0.05) is 25.3 Å². The van der Waals surface area contributed by atoms with Crippen LogP contribution in [0.2, 0.25) is 0 Å². The van der Waals surface area contributed by atoms with Crippen LogP contribution in [0.4, 0.5) is 0 Å². The molecule has 1 aliphatic heterocycles. The van der Waals surface area contributed by atoms with Crippen molar-refractivity contribution >= 4 is 17.7 Å². The number of hydrogen-bond donors (Lipinski definition) is 0. The van der Waals surface area contributed by atoms with Crippen molar-refractivity contribution in [2.24, 2.45) is 0 Å². The van der Waals surface area contributed by atoms with E-state index in [0.717, 1.165) is 31.7 Å². The largest absolute Gasteiger partial charge is 0.342 e. The first-order valence-corrected chi connectivity index (χ1v) is 8.85. The van der Waals surface area contributed by atoms with Crippen molar-refractivity contribution in [1.82, 2.24) is 4.90 Å². The molecular formula is C15H29NOS. The van der Waals surface area contributed by atoms with Crippen molar-refractivity contribution in [2.75, 3.05) is 24.6 Å². The molecule has 0 aliphatic carbocycles. The molecule has 1 fully saturated rings. The number of rotatable bonds is 11. The summed E-state index contributed by atoms with van der Waals surface area (Å²) in [7, 11) is 0. The second kappa shape index (κ2) is 10.7. The Kier molecular flexibility index (Phi) is 9.45. The minimum absolute atomic E-state index is 0.367. The summed E-state index contributed by atoms with van der Waals surface area (Å²) >= 11 is 2.02. The molecule has 0 bridgehead atoms. The molecule has 0 spiro atoms. The molecule has 3 heteroatoms. The molecular weight excluding hydrogens is 242 g/mol. The second-order valence-electron chi connectivity index (χ2n) is 5.22. The molecule has 1 rings (SSSR count).